The van der Waals surface area contributed by atoms with Crippen molar-refractivity contribution < 1.29 is 9.53 Å². The fraction of sp³-hybridized carbons (Fsp3) is 0.650. The van der Waals surface area contributed by atoms with Crippen LogP contribution in [0, 0.1) is 18.8 Å². The number of nitrogens with one attached hydrogen (secondary N) is 1. The summed E-state index contributed by atoms with van der Waals surface area (Å²) in [7, 11) is 1.90. The summed E-state index contributed by atoms with van der Waals surface area (Å²) in [6.07, 6.45) is 3.99. The molecule has 0 bridgehead atoms. The van der Waals surface area contributed by atoms with E-state index in [9.17, 15) is 4.79 Å². The van der Waals surface area contributed by atoms with E-state index in [0.29, 0.717) is 24.9 Å². The van der Waals surface area contributed by atoms with Crippen molar-refractivity contribution in [1.29, 1.82) is 0 Å². The smallest absolute Gasteiger partial charge is 0.222 e. The molecular weight excluding hydrogens is 336 g/mol. The number of nitrogens with zero attached hydrogens (tertiary/aromatic N) is 1. The summed E-state index contributed by atoms with van der Waals surface area (Å²) >= 11 is 0. The van der Waals surface area contributed by atoms with Gasteiger partial charge in [0.25, 0.3) is 0 Å². The highest BCUT2D eigenvalue weighted by molar-refractivity contribution is 5.85. The average molecular weight is 369 g/mol. The van der Waals surface area contributed by atoms with Gasteiger partial charge in [-0.05, 0) is 62.7 Å². The van der Waals surface area contributed by atoms with Gasteiger partial charge in [0.15, 0.2) is 0 Å². The summed E-state index contributed by atoms with van der Waals surface area (Å²) in [5.41, 5.74) is 1.15. The van der Waals surface area contributed by atoms with E-state index < -0.39 is 0 Å². The first-order valence-corrected chi connectivity index (χ1v) is 9.21. The van der Waals surface area contributed by atoms with E-state index in [1.54, 1.807) is 0 Å². The molecule has 2 atom stereocenters. The summed E-state index contributed by atoms with van der Waals surface area (Å²) in [6.45, 7) is 7.84. The minimum atomic E-state index is 0. The highest BCUT2D eigenvalue weighted by atomic mass is 35.5. The number of piperidine rings is 1. The number of ether oxygens (including phenoxy) is 1. The van der Waals surface area contributed by atoms with E-state index in [4.69, 9.17) is 4.74 Å². The first-order chi connectivity index (χ1) is 11.6. The summed E-state index contributed by atoms with van der Waals surface area (Å²) in [6, 6.07) is 8.04. The lowest BCUT2D eigenvalue weighted by Gasteiger charge is -2.29. The molecule has 1 saturated heterocycles. The van der Waals surface area contributed by atoms with Gasteiger partial charge in [-0.15, -0.1) is 12.4 Å². The molecule has 1 aromatic carbocycles. The Labute approximate surface area is 158 Å². The first-order valence-electron chi connectivity index (χ1n) is 9.21. The lowest BCUT2D eigenvalue weighted by Crippen LogP contribution is -2.36. The van der Waals surface area contributed by atoms with Crippen LogP contribution in [0.1, 0.15) is 38.2 Å². The van der Waals surface area contributed by atoms with Crippen LogP contribution in [0.25, 0.3) is 0 Å². The third-order valence-corrected chi connectivity index (χ3v) is 5.05. The molecule has 142 valence electrons. The predicted octanol–water partition coefficient (Wildman–Crippen LogP) is 3.67. The van der Waals surface area contributed by atoms with Crippen LogP contribution in [0.5, 0.6) is 5.75 Å². The van der Waals surface area contributed by atoms with Gasteiger partial charge in [-0.2, -0.15) is 0 Å². The molecule has 0 saturated carbocycles. The Balaban J connectivity index is 0.00000312. The number of halogens is 1. The van der Waals surface area contributed by atoms with Crippen LogP contribution in [-0.2, 0) is 4.79 Å². The zero-order valence-electron chi connectivity index (χ0n) is 15.8. The van der Waals surface area contributed by atoms with E-state index in [-0.39, 0.29) is 18.3 Å². The predicted molar refractivity (Wildman–Crippen MR) is 106 cm³/mol. The Morgan fingerprint density at radius 2 is 2.16 bits per heavy atom. The lowest BCUT2D eigenvalue weighted by atomic mass is 9.85. The largest absolute Gasteiger partial charge is 0.493 e. The molecule has 2 unspecified atom stereocenters. The number of aryl methyl sites for hydroxylation is 1. The fourth-order valence-corrected chi connectivity index (χ4v) is 3.29. The zero-order valence-corrected chi connectivity index (χ0v) is 16.6. The van der Waals surface area contributed by atoms with Gasteiger partial charge in [0, 0.05) is 20.0 Å². The number of para-hydroxylation sites is 1. The first kappa shape index (κ1) is 21.8. The van der Waals surface area contributed by atoms with Crippen LogP contribution < -0.4 is 10.1 Å². The summed E-state index contributed by atoms with van der Waals surface area (Å²) in [5.74, 6) is 2.28. The normalized spacial score (nSPS) is 18.1. The molecule has 1 aliphatic heterocycles. The summed E-state index contributed by atoms with van der Waals surface area (Å²) < 4.78 is 5.80. The number of carbonyl (C=O) groups is 1. The topological polar surface area (TPSA) is 41.6 Å². The number of benzene rings is 1. The van der Waals surface area contributed by atoms with Gasteiger partial charge < -0.3 is 15.0 Å². The van der Waals surface area contributed by atoms with Crippen LogP contribution >= 0.6 is 12.4 Å². The maximum atomic E-state index is 12.4. The van der Waals surface area contributed by atoms with Gasteiger partial charge in [0.2, 0.25) is 5.91 Å². The third kappa shape index (κ3) is 7.25. The van der Waals surface area contributed by atoms with Crippen molar-refractivity contribution in [2.45, 2.75) is 39.5 Å². The molecule has 4 nitrogen and oxygen atoms in total. The van der Waals surface area contributed by atoms with Gasteiger partial charge in [0.05, 0.1) is 6.61 Å². The summed E-state index contributed by atoms with van der Waals surface area (Å²) in [5, 5.41) is 3.44. The fourth-order valence-electron chi connectivity index (χ4n) is 3.29. The van der Waals surface area contributed by atoms with Gasteiger partial charge in [0.1, 0.15) is 5.75 Å². The van der Waals surface area contributed by atoms with E-state index in [1.165, 1.54) is 12.8 Å². The number of hydrogen-bond acceptors (Lipinski definition) is 3. The SMILES string of the molecule is Cc1ccccc1OCCCN(C)C(=O)CC(C)C1CCCNC1.Cl. The quantitative estimate of drug-likeness (QED) is 0.712. The molecule has 1 fully saturated rings. The second kappa shape index (κ2) is 11.4. The van der Waals surface area contributed by atoms with Gasteiger partial charge in [-0.3, -0.25) is 4.79 Å². The molecule has 2 rings (SSSR count). The Hall–Kier alpha value is -1.26. The summed E-state index contributed by atoms with van der Waals surface area (Å²) in [4.78, 5) is 14.2. The molecule has 25 heavy (non-hydrogen) atoms. The number of carbonyl (C=O) groups excluding carboxylic acids is 1. The van der Waals surface area contributed by atoms with E-state index in [1.807, 2.05) is 43.1 Å². The number of amides is 1. The molecule has 1 heterocycles. The number of rotatable bonds is 8. The Morgan fingerprint density at radius 3 is 2.84 bits per heavy atom. The zero-order chi connectivity index (χ0) is 17.4. The molecule has 0 aliphatic carbocycles. The van der Waals surface area contributed by atoms with Crippen molar-refractivity contribution >= 4 is 18.3 Å². The van der Waals surface area contributed by atoms with Crippen LogP contribution in [0.3, 0.4) is 0 Å². The van der Waals surface area contributed by atoms with Crippen LogP contribution in [-0.4, -0.2) is 44.1 Å². The molecule has 0 aromatic heterocycles. The minimum Gasteiger partial charge on any atom is -0.493 e. The Morgan fingerprint density at radius 1 is 1.40 bits per heavy atom. The van der Waals surface area contributed by atoms with Crippen molar-refractivity contribution in [3.8, 4) is 5.75 Å². The molecule has 1 amide bonds. The van der Waals surface area contributed by atoms with Crippen molar-refractivity contribution in [3.05, 3.63) is 29.8 Å². The molecule has 1 N–H and O–H groups in total. The standard InChI is InChI=1S/C20H32N2O2.ClH/c1-16-8-4-5-10-19(16)24-13-7-12-22(3)20(23)14-17(2)18-9-6-11-21-15-18;/h4-5,8,10,17-18,21H,6-7,9,11-15H2,1-3H3;1H. The van der Waals surface area contributed by atoms with Crippen molar-refractivity contribution in [1.82, 2.24) is 10.2 Å². The van der Waals surface area contributed by atoms with Crippen LogP contribution in [0.4, 0.5) is 0 Å². The molecule has 0 spiro atoms. The average Bonchev–Trinajstić information content (AvgIpc) is 2.60. The van der Waals surface area contributed by atoms with E-state index in [0.717, 1.165) is 37.4 Å². The number of hydrogen-bond donors (Lipinski definition) is 1. The molecule has 1 aromatic rings. The minimum absolute atomic E-state index is 0. The van der Waals surface area contributed by atoms with E-state index in [2.05, 4.69) is 12.2 Å². The van der Waals surface area contributed by atoms with Crippen molar-refractivity contribution in [2.75, 3.05) is 33.3 Å². The maximum Gasteiger partial charge on any atom is 0.222 e. The molecule has 0 radical (unpaired) electrons. The Kier molecular flexibility index (Phi) is 9.91. The van der Waals surface area contributed by atoms with Gasteiger partial charge in [-0.1, -0.05) is 25.1 Å². The van der Waals surface area contributed by atoms with E-state index >= 15 is 0 Å². The maximum absolute atomic E-state index is 12.4. The molecule has 1 aliphatic rings. The van der Waals surface area contributed by atoms with Crippen LogP contribution in [0.2, 0.25) is 0 Å². The monoisotopic (exact) mass is 368 g/mol. The third-order valence-electron chi connectivity index (χ3n) is 5.05. The highest BCUT2D eigenvalue weighted by Gasteiger charge is 2.23. The molecular formula is C20H33ClN2O2. The second-order valence-corrected chi connectivity index (χ2v) is 7.07. The van der Waals surface area contributed by atoms with Gasteiger partial charge >= 0.3 is 0 Å². The van der Waals surface area contributed by atoms with Crippen molar-refractivity contribution in [2.24, 2.45) is 11.8 Å². The van der Waals surface area contributed by atoms with Gasteiger partial charge in [-0.25, -0.2) is 0 Å². The van der Waals surface area contributed by atoms with Crippen LogP contribution in [0.15, 0.2) is 24.3 Å². The van der Waals surface area contributed by atoms with Crippen molar-refractivity contribution in [3.63, 3.8) is 0 Å². The molecule has 5 heteroatoms. The highest BCUT2D eigenvalue weighted by Crippen LogP contribution is 2.23. The lowest BCUT2D eigenvalue weighted by molar-refractivity contribution is -0.131. The Bertz CT molecular complexity index is 518. The second-order valence-electron chi connectivity index (χ2n) is 7.07.